The zero-order valence-corrected chi connectivity index (χ0v) is 6.36. The molecular formula is C3H8NOW-. The molecule has 0 saturated heterocycles. The minimum atomic E-state index is -0.588. The first kappa shape index (κ1) is 9.79. The van der Waals surface area contributed by atoms with E-state index in [-0.39, 0.29) is 27.6 Å². The van der Waals surface area contributed by atoms with E-state index in [9.17, 15) is 0 Å². The summed E-state index contributed by atoms with van der Waals surface area (Å²) in [7, 11) is 0. The molecule has 6 heavy (non-hydrogen) atoms. The Balaban J connectivity index is 0. The molecule has 0 saturated carbocycles. The molecule has 0 amide bonds. The molecular weight excluding hydrogens is 250 g/mol. The van der Waals surface area contributed by atoms with E-state index in [1.807, 2.05) is 0 Å². The molecule has 0 unspecified atom stereocenters. The third-order valence-corrected chi connectivity index (χ3v) is 0.272. The third-order valence-electron chi connectivity index (χ3n) is 0.272. The van der Waals surface area contributed by atoms with Gasteiger partial charge in [0, 0.05) is 21.1 Å². The van der Waals surface area contributed by atoms with Crippen LogP contribution in [-0.4, -0.2) is 17.8 Å². The number of aliphatic hydroxyl groups excluding tert-OH is 1. The van der Waals surface area contributed by atoms with Gasteiger partial charge >= 0.3 is 0 Å². The Morgan fingerprint density at radius 1 is 1.83 bits per heavy atom. The van der Waals surface area contributed by atoms with Crippen LogP contribution in [0.2, 0.25) is 0 Å². The van der Waals surface area contributed by atoms with Crippen molar-refractivity contribution in [2.45, 2.75) is 6.10 Å². The zero-order valence-electron chi connectivity index (χ0n) is 3.42. The number of nitrogens with two attached hydrogens (primary N) is 1. The van der Waals surface area contributed by atoms with Crippen LogP contribution in [0.3, 0.4) is 0 Å². The largest absolute Gasteiger partial charge is 0.424 e. The van der Waals surface area contributed by atoms with Gasteiger partial charge in [-0.1, -0.05) is 6.10 Å². The van der Waals surface area contributed by atoms with Gasteiger partial charge in [-0.2, -0.15) is 0 Å². The van der Waals surface area contributed by atoms with Crippen LogP contribution in [0.1, 0.15) is 0 Å². The molecule has 0 aromatic rings. The summed E-state index contributed by atoms with van der Waals surface area (Å²) in [5.74, 6) is 0. The monoisotopic (exact) mass is 258 g/mol. The van der Waals surface area contributed by atoms with Crippen LogP contribution in [0, 0.1) is 6.92 Å². The van der Waals surface area contributed by atoms with Crippen LogP contribution in [0.4, 0.5) is 0 Å². The summed E-state index contributed by atoms with van der Waals surface area (Å²) in [6, 6.07) is 0. The van der Waals surface area contributed by atoms with Gasteiger partial charge in [-0.3, -0.25) is 0 Å². The average Bonchev–Trinajstić information content (AvgIpc) is 1.38. The van der Waals surface area contributed by atoms with E-state index in [0.29, 0.717) is 0 Å². The fourth-order valence-electron chi connectivity index (χ4n) is 0. The van der Waals surface area contributed by atoms with Crippen molar-refractivity contribution in [2.75, 3.05) is 6.54 Å². The summed E-state index contributed by atoms with van der Waals surface area (Å²) >= 11 is 0. The van der Waals surface area contributed by atoms with Gasteiger partial charge < -0.3 is 17.8 Å². The van der Waals surface area contributed by atoms with Crippen molar-refractivity contribution < 1.29 is 26.2 Å². The van der Waals surface area contributed by atoms with Gasteiger partial charge in [0.05, 0.1) is 0 Å². The molecule has 0 rings (SSSR count). The molecule has 0 aliphatic rings. The first-order valence-corrected chi connectivity index (χ1v) is 1.48. The molecule has 0 aromatic carbocycles. The van der Waals surface area contributed by atoms with Gasteiger partial charge in [0.2, 0.25) is 0 Å². The van der Waals surface area contributed by atoms with Gasteiger partial charge in [0.25, 0.3) is 0 Å². The Morgan fingerprint density at radius 3 is 2.00 bits per heavy atom. The number of aliphatic hydroxyl groups is 1. The quantitative estimate of drug-likeness (QED) is 0.601. The average molecular weight is 258 g/mol. The van der Waals surface area contributed by atoms with Crippen molar-refractivity contribution in [3.05, 3.63) is 6.92 Å². The minimum Gasteiger partial charge on any atom is -0.424 e. The molecule has 0 heterocycles. The Bertz CT molecular complexity index is 24.8. The number of hydrogen-bond donors (Lipinski definition) is 2. The second-order valence-corrected chi connectivity index (χ2v) is 0.890. The molecule has 2 nitrogen and oxygen atoms in total. The van der Waals surface area contributed by atoms with E-state index < -0.39 is 6.10 Å². The van der Waals surface area contributed by atoms with E-state index in [4.69, 9.17) is 10.8 Å². The summed E-state index contributed by atoms with van der Waals surface area (Å²) in [6.45, 7) is 3.44. The van der Waals surface area contributed by atoms with Gasteiger partial charge in [0.1, 0.15) is 0 Å². The van der Waals surface area contributed by atoms with Crippen LogP contribution < -0.4 is 5.73 Å². The molecule has 3 N–H and O–H groups in total. The van der Waals surface area contributed by atoms with E-state index in [1.54, 1.807) is 0 Å². The maximum Gasteiger partial charge on any atom is 0 e. The maximum atomic E-state index is 8.12. The van der Waals surface area contributed by atoms with Gasteiger partial charge in [-0.05, 0) is 6.54 Å². The normalized spacial score (nSPS) is 12.5. The fraction of sp³-hybridized carbons (Fsp3) is 0.667. The Labute approximate surface area is 52.0 Å². The van der Waals surface area contributed by atoms with Crippen molar-refractivity contribution in [1.82, 2.24) is 0 Å². The first-order chi connectivity index (χ1) is 2.27. The van der Waals surface area contributed by atoms with Crippen LogP contribution in [0.25, 0.3) is 0 Å². The predicted molar refractivity (Wildman–Crippen MR) is 20.4 cm³/mol. The molecule has 1 atom stereocenters. The summed E-state index contributed by atoms with van der Waals surface area (Å²) in [5.41, 5.74) is 4.86. The molecule has 0 bridgehead atoms. The Morgan fingerprint density at radius 2 is 2.00 bits per heavy atom. The molecule has 3 heteroatoms. The van der Waals surface area contributed by atoms with E-state index in [1.165, 1.54) is 0 Å². The number of rotatable bonds is 1. The smallest absolute Gasteiger partial charge is 0 e. The van der Waals surface area contributed by atoms with Gasteiger partial charge in [0.15, 0.2) is 0 Å². The van der Waals surface area contributed by atoms with Gasteiger partial charge in [-0.25, -0.2) is 0 Å². The van der Waals surface area contributed by atoms with Crippen LogP contribution >= 0.6 is 0 Å². The van der Waals surface area contributed by atoms with Crippen molar-refractivity contribution >= 4 is 0 Å². The summed E-state index contributed by atoms with van der Waals surface area (Å²) < 4.78 is 0. The van der Waals surface area contributed by atoms with E-state index in [0.717, 1.165) is 0 Å². The molecule has 0 radical (unpaired) electrons. The second-order valence-electron chi connectivity index (χ2n) is 0.890. The first-order valence-electron chi connectivity index (χ1n) is 1.48. The maximum absolute atomic E-state index is 8.12. The Hall–Kier alpha value is 0.608. The molecule has 0 fully saturated rings. The van der Waals surface area contributed by atoms with Crippen molar-refractivity contribution in [1.29, 1.82) is 0 Å². The zero-order chi connectivity index (χ0) is 4.28. The van der Waals surface area contributed by atoms with E-state index >= 15 is 0 Å². The van der Waals surface area contributed by atoms with Crippen LogP contribution in [-0.2, 0) is 21.1 Å². The second kappa shape index (κ2) is 5.61. The Kier molecular flexibility index (Phi) is 9.15. The molecule has 0 spiro atoms. The molecule has 0 aliphatic carbocycles. The van der Waals surface area contributed by atoms with Crippen molar-refractivity contribution in [3.8, 4) is 0 Å². The minimum absolute atomic E-state index is 0. The molecule has 38 valence electrons. The predicted octanol–water partition coefficient (Wildman–Crippen LogP) is -0.862. The standard InChI is InChI=1S/C3H8NO.W/c1-3(5)2-4;/h3,5H,1-2,4H2;/q-1;/t3-;/m1./s1. The summed E-state index contributed by atoms with van der Waals surface area (Å²) in [4.78, 5) is 0. The topological polar surface area (TPSA) is 46.2 Å². The van der Waals surface area contributed by atoms with Crippen LogP contribution in [0.5, 0.6) is 0 Å². The van der Waals surface area contributed by atoms with Crippen molar-refractivity contribution in [2.24, 2.45) is 5.73 Å². The summed E-state index contributed by atoms with van der Waals surface area (Å²) in [6.07, 6.45) is -0.588. The molecule has 0 aromatic heterocycles. The van der Waals surface area contributed by atoms with Crippen molar-refractivity contribution in [3.63, 3.8) is 0 Å². The third kappa shape index (κ3) is 8.82. The van der Waals surface area contributed by atoms with E-state index in [2.05, 4.69) is 6.92 Å². The number of hydrogen-bond acceptors (Lipinski definition) is 2. The van der Waals surface area contributed by atoms with Gasteiger partial charge in [-0.15, -0.1) is 0 Å². The fourth-order valence-corrected chi connectivity index (χ4v) is 0. The molecule has 0 aliphatic heterocycles. The SMILES string of the molecule is [CH2-][C@@H](O)CN.[W]. The van der Waals surface area contributed by atoms with Crippen LogP contribution in [0.15, 0.2) is 0 Å². The summed E-state index contributed by atoms with van der Waals surface area (Å²) in [5, 5.41) is 8.12.